The molecule has 0 aliphatic heterocycles. The first kappa shape index (κ1) is 15.0. The molecule has 110 valence electrons. The lowest BCUT2D eigenvalue weighted by molar-refractivity contribution is -0.385. The first-order valence-corrected chi connectivity index (χ1v) is 6.67. The molecule has 2 aromatic rings. The Morgan fingerprint density at radius 2 is 1.86 bits per heavy atom. The standard InChI is InChI=1S/C16H18N2O3/c1-12-15(8-5-9-16(12)18(19)20)17-10-13-6-3-4-7-14(13)11-21-2/h3-9,17H,10-11H2,1-2H3. The first-order valence-electron chi connectivity index (χ1n) is 6.67. The van der Waals surface area contributed by atoms with E-state index in [9.17, 15) is 10.1 Å². The number of nitro groups is 1. The van der Waals surface area contributed by atoms with Crippen molar-refractivity contribution in [1.29, 1.82) is 0 Å². The van der Waals surface area contributed by atoms with Crippen molar-refractivity contribution >= 4 is 11.4 Å². The summed E-state index contributed by atoms with van der Waals surface area (Å²) in [7, 11) is 1.66. The molecule has 0 amide bonds. The minimum Gasteiger partial charge on any atom is -0.381 e. The maximum absolute atomic E-state index is 10.9. The molecule has 1 N–H and O–H groups in total. The Balaban J connectivity index is 2.17. The van der Waals surface area contributed by atoms with Crippen molar-refractivity contribution in [3.8, 4) is 0 Å². The van der Waals surface area contributed by atoms with Crippen LogP contribution < -0.4 is 5.32 Å². The number of rotatable bonds is 6. The molecular weight excluding hydrogens is 268 g/mol. The SMILES string of the molecule is COCc1ccccc1CNc1cccc([N+](=O)[O-])c1C. The monoisotopic (exact) mass is 286 g/mol. The van der Waals surface area contributed by atoms with Crippen LogP contribution in [0.3, 0.4) is 0 Å². The van der Waals surface area contributed by atoms with E-state index in [4.69, 9.17) is 4.74 Å². The lowest BCUT2D eigenvalue weighted by atomic mass is 10.1. The highest BCUT2D eigenvalue weighted by Gasteiger charge is 2.13. The van der Waals surface area contributed by atoms with Gasteiger partial charge in [-0.05, 0) is 24.1 Å². The molecule has 0 spiro atoms. The number of nitro benzene ring substituents is 1. The summed E-state index contributed by atoms with van der Waals surface area (Å²) in [5, 5.41) is 14.2. The summed E-state index contributed by atoms with van der Waals surface area (Å²) in [6, 6.07) is 13.0. The molecular formula is C16H18N2O3. The van der Waals surface area contributed by atoms with Crippen LogP contribution >= 0.6 is 0 Å². The zero-order valence-electron chi connectivity index (χ0n) is 12.1. The molecule has 0 saturated carbocycles. The molecule has 5 nitrogen and oxygen atoms in total. The number of hydrogen-bond donors (Lipinski definition) is 1. The van der Waals surface area contributed by atoms with E-state index in [1.165, 1.54) is 6.07 Å². The summed E-state index contributed by atoms with van der Waals surface area (Å²) in [6.07, 6.45) is 0. The molecule has 0 aliphatic rings. The number of hydrogen-bond acceptors (Lipinski definition) is 4. The molecule has 0 heterocycles. The highest BCUT2D eigenvalue weighted by atomic mass is 16.6. The first-order chi connectivity index (χ1) is 10.1. The van der Waals surface area contributed by atoms with E-state index in [0.29, 0.717) is 18.7 Å². The third-order valence-corrected chi connectivity index (χ3v) is 3.39. The average Bonchev–Trinajstić information content (AvgIpc) is 2.47. The van der Waals surface area contributed by atoms with Crippen molar-refractivity contribution in [3.63, 3.8) is 0 Å². The second-order valence-electron chi connectivity index (χ2n) is 4.76. The predicted molar refractivity (Wildman–Crippen MR) is 82.3 cm³/mol. The predicted octanol–water partition coefficient (Wildman–Crippen LogP) is 3.66. The molecule has 0 aromatic heterocycles. The van der Waals surface area contributed by atoms with Gasteiger partial charge in [0.15, 0.2) is 0 Å². The fourth-order valence-corrected chi connectivity index (χ4v) is 2.23. The quantitative estimate of drug-likeness (QED) is 0.650. The van der Waals surface area contributed by atoms with Crippen molar-refractivity contribution < 1.29 is 9.66 Å². The summed E-state index contributed by atoms with van der Waals surface area (Å²) < 4.78 is 5.18. The van der Waals surface area contributed by atoms with Crippen molar-refractivity contribution in [2.75, 3.05) is 12.4 Å². The third kappa shape index (κ3) is 3.58. The van der Waals surface area contributed by atoms with Gasteiger partial charge < -0.3 is 10.1 Å². The van der Waals surface area contributed by atoms with E-state index < -0.39 is 0 Å². The Bertz CT molecular complexity index is 641. The third-order valence-electron chi connectivity index (χ3n) is 3.39. The van der Waals surface area contributed by atoms with Gasteiger partial charge in [0.1, 0.15) is 0 Å². The lowest BCUT2D eigenvalue weighted by Gasteiger charge is -2.12. The number of methoxy groups -OCH3 is 1. The van der Waals surface area contributed by atoms with Gasteiger partial charge in [0.25, 0.3) is 5.69 Å². The van der Waals surface area contributed by atoms with Gasteiger partial charge in [-0.2, -0.15) is 0 Å². The van der Waals surface area contributed by atoms with E-state index in [-0.39, 0.29) is 10.6 Å². The number of nitrogens with one attached hydrogen (secondary N) is 1. The molecule has 0 radical (unpaired) electrons. The number of nitrogens with zero attached hydrogens (tertiary/aromatic N) is 1. The zero-order chi connectivity index (χ0) is 15.2. The topological polar surface area (TPSA) is 64.4 Å². The Morgan fingerprint density at radius 1 is 1.14 bits per heavy atom. The molecule has 0 atom stereocenters. The van der Waals surface area contributed by atoms with Gasteiger partial charge >= 0.3 is 0 Å². The van der Waals surface area contributed by atoms with Gasteiger partial charge in [0.2, 0.25) is 0 Å². The molecule has 21 heavy (non-hydrogen) atoms. The van der Waals surface area contributed by atoms with Crippen LogP contribution in [0.15, 0.2) is 42.5 Å². The molecule has 0 aliphatic carbocycles. The highest BCUT2D eigenvalue weighted by molar-refractivity contribution is 5.60. The maximum atomic E-state index is 10.9. The minimum absolute atomic E-state index is 0.130. The van der Waals surface area contributed by atoms with Crippen LogP contribution in [0.2, 0.25) is 0 Å². The Morgan fingerprint density at radius 3 is 2.52 bits per heavy atom. The molecule has 5 heteroatoms. The average molecular weight is 286 g/mol. The van der Waals surface area contributed by atoms with Gasteiger partial charge in [-0.3, -0.25) is 10.1 Å². The van der Waals surface area contributed by atoms with Crippen LogP contribution in [0.5, 0.6) is 0 Å². The smallest absolute Gasteiger partial charge is 0.274 e. The number of ether oxygens (including phenoxy) is 1. The van der Waals surface area contributed by atoms with Gasteiger partial charge in [0, 0.05) is 31.0 Å². The molecule has 0 fully saturated rings. The van der Waals surface area contributed by atoms with Gasteiger partial charge in [-0.25, -0.2) is 0 Å². The Labute approximate surface area is 123 Å². The molecule has 2 aromatic carbocycles. The van der Waals surface area contributed by atoms with E-state index in [1.807, 2.05) is 30.3 Å². The summed E-state index contributed by atoms with van der Waals surface area (Å²) in [6.45, 7) is 2.90. The molecule has 0 bridgehead atoms. The highest BCUT2D eigenvalue weighted by Crippen LogP contribution is 2.25. The van der Waals surface area contributed by atoms with E-state index >= 15 is 0 Å². The molecule has 0 unspecified atom stereocenters. The van der Waals surface area contributed by atoms with Gasteiger partial charge in [-0.1, -0.05) is 30.3 Å². The van der Waals surface area contributed by atoms with Crippen molar-refractivity contribution in [3.05, 3.63) is 69.3 Å². The maximum Gasteiger partial charge on any atom is 0.274 e. The van der Waals surface area contributed by atoms with Crippen LogP contribution in [-0.2, 0) is 17.9 Å². The normalized spacial score (nSPS) is 10.4. The van der Waals surface area contributed by atoms with Crippen LogP contribution in [0, 0.1) is 17.0 Å². The van der Waals surface area contributed by atoms with Crippen LogP contribution in [0.4, 0.5) is 11.4 Å². The van der Waals surface area contributed by atoms with Gasteiger partial charge in [0.05, 0.1) is 11.5 Å². The second kappa shape index (κ2) is 6.85. The summed E-state index contributed by atoms with van der Waals surface area (Å²) >= 11 is 0. The number of anilines is 1. The van der Waals surface area contributed by atoms with Crippen LogP contribution in [-0.4, -0.2) is 12.0 Å². The van der Waals surface area contributed by atoms with E-state index in [2.05, 4.69) is 5.32 Å². The molecule has 0 saturated heterocycles. The van der Waals surface area contributed by atoms with Crippen LogP contribution in [0.1, 0.15) is 16.7 Å². The fraction of sp³-hybridized carbons (Fsp3) is 0.250. The fourth-order valence-electron chi connectivity index (χ4n) is 2.23. The Hall–Kier alpha value is -2.40. The zero-order valence-corrected chi connectivity index (χ0v) is 12.1. The summed E-state index contributed by atoms with van der Waals surface area (Å²) in [4.78, 5) is 10.6. The van der Waals surface area contributed by atoms with Crippen molar-refractivity contribution in [2.24, 2.45) is 0 Å². The summed E-state index contributed by atoms with van der Waals surface area (Å²) in [5.41, 5.74) is 3.77. The van der Waals surface area contributed by atoms with Crippen molar-refractivity contribution in [2.45, 2.75) is 20.1 Å². The molecule has 2 rings (SSSR count). The second-order valence-corrected chi connectivity index (χ2v) is 4.76. The van der Waals surface area contributed by atoms with Gasteiger partial charge in [-0.15, -0.1) is 0 Å². The lowest BCUT2D eigenvalue weighted by Crippen LogP contribution is -2.05. The summed E-state index contributed by atoms with van der Waals surface area (Å²) in [5.74, 6) is 0. The van der Waals surface area contributed by atoms with Crippen molar-refractivity contribution in [1.82, 2.24) is 0 Å². The minimum atomic E-state index is -0.362. The Kier molecular flexibility index (Phi) is 4.90. The number of benzene rings is 2. The largest absolute Gasteiger partial charge is 0.381 e. The van der Waals surface area contributed by atoms with E-state index in [1.54, 1.807) is 20.1 Å². The van der Waals surface area contributed by atoms with Crippen LogP contribution in [0.25, 0.3) is 0 Å². The van der Waals surface area contributed by atoms with E-state index in [0.717, 1.165) is 16.8 Å².